The number of hydrogen-bond donors (Lipinski definition) is 2. The van der Waals surface area contributed by atoms with Crippen molar-refractivity contribution < 1.29 is 13.2 Å². The SMILES string of the molecule is Nc1nc(NCc2ccncn2)cc(C(F)(F)F)n1. The molecular weight excluding hydrogens is 261 g/mol. The van der Waals surface area contributed by atoms with Gasteiger partial charge in [-0.15, -0.1) is 0 Å². The number of halogens is 3. The maximum atomic E-state index is 12.5. The van der Waals surface area contributed by atoms with Crippen LogP contribution in [0.2, 0.25) is 0 Å². The third-order valence-electron chi connectivity index (χ3n) is 2.13. The Hall–Kier alpha value is -2.45. The van der Waals surface area contributed by atoms with Crippen molar-refractivity contribution in [3.63, 3.8) is 0 Å². The van der Waals surface area contributed by atoms with E-state index in [2.05, 4.69) is 25.3 Å². The fourth-order valence-corrected chi connectivity index (χ4v) is 1.31. The van der Waals surface area contributed by atoms with Gasteiger partial charge in [0.15, 0.2) is 5.69 Å². The number of hydrogen-bond acceptors (Lipinski definition) is 6. The second-order valence-corrected chi connectivity index (χ2v) is 3.55. The Morgan fingerprint density at radius 1 is 1.26 bits per heavy atom. The predicted octanol–water partition coefficient (Wildman–Crippen LogP) is 1.48. The number of alkyl halides is 3. The molecule has 6 nitrogen and oxygen atoms in total. The van der Waals surface area contributed by atoms with Crippen molar-refractivity contribution in [1.29, 1.82) is 0 Å². The Morgan fingerprint density at radius 2 is 2.05 bits per heavy atom. The lowest BCUT2D eigenvalue weighted by atomic mass is 10.3. The molecule has 0 aliphatic rings. The van der Waals surface area contributed by atoms with Crippen LogP contribution in [0.5, 0.6) is 0 Å². The largest absolute Gasteiger partial charge is 0.433 e. The molecular formula is C10H9F3N6. The Bertz CT molecular complexity index is 557. The number of nitrogens with two attached hydrogens (primary N) is 1. The van der Waals surface area contributed by atoms with Gasteiger partial charge in [0.25, 0.3) is 0 Å². The van der Waals surface area contributed by atoms with E-state index in [9.17, 15) is 13.2 Å². The zero-order chi connectivity index (χ0) is 13.9. The van der Waals surface area contributed by atoms with Gasteiger partial charge in [0, 0.05) is 12.3 Å². The lowest BCUT2D eigenvalue weighted by molar-refractivity contribution is -0.141. The zero-order valence-electron chi connectivity index (χ0n) is 9.52. The lowest BCUT2D eigenvalue weighted by Gasteiger charge is -2.09. The molecule has 0 saturated carbocycles. The van der Waals surface area contributed by atoms with Gasteiger partial charge >= 0.3 is 6.18 Å². The molecule has 9 heteroatoms. The first-order chi connectivity index (χ1) is 8.95. The Kier molecular flexibility index (Phi) is 3.45. The summed E-state index contributed by atoms with van der Waals surface area (Å²) in [5.41, 5.74) is 4.76. The van der Waals surface area contributed by atoms with E-state index in [0.29, 0.717) is 5.69 Å². The van der Waals surface area contributed by atoms with Crippen LogP contribution in [0.15, 0.2) is 24.7 Å². The van der Waals surface area contributed by atoms with Crippen LogP contribution in [-0.4, -0.2) is 19.9 Å². The van der Waals surface area contributed by atoms with Crippen LogP contribution in [0.3, 0.4) is 0 Å². The van der Waals surface area contributed by atoms with Crippen molar-refractivity contribution in [2.24, 2.45) is 0 Å². The first-order valence-corrected chi connectivity index (χ1v) is 5.15. The molecule has 0 aliphatic carbocycles. The second kappa shape index (κ2) is 5.04. The minimum atomic E-state index is -4.57. The Balaban J connectivity index is 2.15. The summed E-state index contributed by atoms with van der Waals surface area (Å²) in [5, 5.41) is 2.69. The number of rotatable bonds is 3. The molecule has 0 radical (unpaired) electrons. The van der Waals surface area contributed by atoms with E-state index < -0.39 is 17.8 Å². The average Bonchev–Trinajstić information content (AvgIpc) is 2.36. The summed E-state index contributed by atoms with van der Waals surface area (Å²) < 4.78 is 37.6. The second-order valence-electron chi connectivity index (χ2n) is 3.55. The molecule has 0 spiro atoms. The maximum Gasteiger partial charge on any atom is 0.433 e. The first kappa shape index (κ1) is 13.0. The normalized spacial score (nSPS) is 11.3. The van der Waals surface area contributed by atoms with Gasteiger partial charge in [-0.25, -0.2) is 15.0 Å². The van der Waals surface area contributed by atoms with Crippen LogP contribution >= 0.6 is 0 Å². The Labute approximate surface area is 105 Å². The number of nitrogens with one attached hydrogen (secondary N) is 1. The van der Waals surface area contributed by atoms with Gasteiger partial charge in [-0.2, -0.15) is 18.2 Å². The van der Waals surface area contributed by atoms with E-state index in [1.807, 2.05) is 0 Å². The molecule has 0 aliphatic heterocycles. The first-order valence-electron chi connectivity index (χ1n) is 5.15. The van der Waals surface area contributed by atoms with Crippen molar-refractivity contribution in [3.05, 3.63) is 36.0 Å². The van der Waals surface area contributed by atoms with E-state index in [4.69, 9.17) is 5.73 Å². The monoisotopic (exact) mass is 270 g/mol. The van der Waals surface area contributed by atoms with Gasteiger partial charge in [0.05, 0.1) is 12.2 Å². The summed E-state index contributed by atoms with van der Waals surface area (Å²) >= 11 is 0. The summed E-state index contributed by atoms with van der Waals surface area (Å²) in [6, 6.07) is 2.42. The summed E-state index contributed by atoms with van der Waals surface area (Å²) in [5.74, 6) is -0.460. The molecule has 100 valence electrons. The molecule has 19 heavy (non-hydrogen) atoms. The van der Waals surface area contributed by atoms with E-state index >= 15 is 0 Å². The summed E-state index contributed by atoms with van der Waals surface area (Å²) in [6.07, 6.45) is -1.70. The van der Waals surface area contributed by atoms with Gasteiger partial charge in [-0.3, -0.25) is 0 Å². The number of aromatic nitrogens is 4. The highest BCUT2D eigenvalue weighted by molar-refractivity contribution is 5.41. The highest BCUT2D eigenvalue weighted by Gasteiger charge is 2.33. The third-order valence-corrected chi connectivity index (χ3v) is 2.13. The average molecular weight is 270 g/mol. The van der Waals surface area contributed by atoms with Crippen LogP contribution in [0, 0.1) is 0 Å². The fraction of sp³-hybridized carbons (Fsp3) is 0.200. The van der Waals surface area contributed by atoms with Crippen molar-refractivity contribution in [3.8, 4) is 0 Å². The zero-order valence-corrected chi connectivity index (χ0v) is 9.52. The minimum Gasteiger partial charge on any atom is -0.368 e. The molecule has 0 fully saturated rings. The van der Waals surface area contributed by atoms with E-state index in [1.54, 1.807) is 6.07 Å². The summed E-state index contributed by atoms with van der Waals surface area (Å²) in [7, 11) is 0. The topological polar surface area (TPSA) is 89.6 Å². The third kappa shape index (κ3) is 3.50. The molecule has 0 aromatic carbocycles. The molecule has 0 amide bonds. The lowest BCUT2D eigenvalue weighted by Crippen LogP contribution is -2.13. The smallest absolute Gasteiger partial charge is 0.368 e. The Morgan fingerprint density at radius 3 is 2.68 bits per heavy atom. The van der Waals surface area contributed by atoms with Crippen LogP contribution < -0.4 is 11.1 Å². The van der Waals surface area contributed by atoms with Crippen molar-refractivity contribution in [1.82, 2.24) is 19.9 Å². The van der Waals surface area contributed by atoms with Crippen molar-refractivity contribution in [2.45, 2.75) is 12.7 Å². The fourth-order valence-electron chi connectivity index (χ4n) is 1.31. The highest BCUT2D eigenvalue weighted by atomic mass is 19.4. The number of nitrogens with zero attached hydrogens (tertiary/aromatic N) is 4. The maximum absolute atomic E-state index is 12.5. The highest BCUT2D eigenvalue weighted by Crippen LogP contribution is 2.29. The van der Waals surface area contributed by atoms with E-state index in [1.165, 1.54) is 12.5 Å². The van der Waals surface area contributed by atoms with Gasteiger partial charge in [0.2, 0.25) is 5.95 Å². The molecule has 2 heterocycles. The quantitative estimate of drug-likeness (QED) is 0.878. The van der Waals surface area contributed by atoms with Gasteiger partial charge in [-0.05, 0) is 6.07 Å². The molecule has 0 atom stereocenters. The van der Waals surface area contributed by atoms with Crippen molar-refractivity contribution >= 4 is 11.8 Å². The van der Waals surface area contributed by atoms with Crippen molar-refractivity contribution in [2.75, 3.05) is 11.1 Å². The summed E-state index contributed by atoms with van der Waals surface area (Å²) in [6.45, 7) is 0.205. The summed E-state index contributed by atoms with van der Waals surface area (Å²) in [4.78, 5) is 14.5. The predicted molar refractivity (Wildman–Crippen MR) is 60.8 cm³/mol. The van der Waals surface area contributed by atoms with Gasteiger partial charge < -0.3 is 11.1 Å². The number of nitrogen functional groups attached to an aromatic ring is 1. The molecule has 0 bridgehead atoms. The molecule has 2 aromatic heterocycles. The number of anilines is 2. The van der Waals surface area contributed by atoms with Crippen LogP contribution in [0.1, 0.15) is 11.4 Å². The standard InChI is InChI=1S/C10H9F3N6/c11-10(12,13)7-3-8(19-9(14)18-7)16-4-6-1-2-15-5-17-6/h1-3,5H,4H2,(H3,14,16,18,19). The van der Waals surface area contributed by atoms with E-state index in [-0.39, 0.29) is 12.4 Å². The van der Waals surface area contributed by atoms with Crippen LogP contribution in [-0.2, 0) is 12.7 Å². The van der Waals surface area contributed by atoms with E-state index in [0.717, 1.165) is 6.07 Å². The molecule has 3 N–H and O–H groups in total. The van der Waals surface area contributed by atoms with Gasteiger partial charge in [-0.1, -0.05) is 0 Å². The van der Waals surface area contributed by atoms with Gasteiger partial charge in [0.1, 0.15) is 12.1 Å². The van der Waals surface area contributed by atoms with Crippen LogP contribution in [0.4, 0.5) is 24.9 Å². The minimum absolute atomic E-state index is 0.0153. The molecule has 2 rings (SSSR count). The van der Waals surface area contributed by atoms with Crippen LogP contribution in [0.25, 0.3) is 0 Å². The molecule has 0 unspecified atom stereocenters. The molecule has 2 aromatic rings. The molecule has 0 saturated heterocycles.